The average molecular weight is 214 g/mol. The van der Waals surface area contributed by atoms with E-state index in [9.17, 15) is 4.39 Å². The summed E-state index contributed by atoms with van der Waals surface area (Å²) in [5, 5.41) is 0. The number of aromatic nitrogens is 2. The van der Waals surface area contributed by atoms with E-state index in [-0.39, 0.29) is 5.88 Å². The lowest BCUT2D eigenvalue weighted by molar-refractivity contribution is 0.0963. The van der Waals surface area contributed by atoms with Crippen molar-refractivity contribution in [2.75, 3.05) is 19.8 Å². The van der Waals surface area contributed by atoms with Gasteiger partial charge < -0.3 is 9.47 Å². The maximum atomic E-state index is 12.6. The van der Waals surface area contributed by atoms with Crippen molar-refractivity contribution in [3.63, 3.8) is 0 Å². The van der Waals surface area contributed by atoms with E-state index in [1.54, 1.807) is 0 Å². The first kappa shape index (κ1) is 11.8. The molecule has 0 amide bonds. The van der Waals surface area contributed by atoms with Crippen LogP contribution in [0.2, 0.25) is 0 Å². The second-order valence-corrected chi connectivity index (χ2v) is 2.99. The van der Waals surface area contributed by atoms with Crippen LogP contribution in [0.15, 0.2) is 12.4 Å². The number of rotatable bonds is 7. The molecule has 0 aromatic carbocycles. The third kappa shape index (κ3) is 5.27. The monoisotopic (exact) mass is 214 g/mol. The van der Waals surface area contributed by atoms with Crippen LogP contribution < -0.4 is 4.74 Å². The highest BCUT2D eigenvalue weighted by molar-refractivity contribution is 5.05. The van der Waals surface area contributed by atoms with Crippen molar-refractivity contribution in [2.24, 2.45) is 0 Å². The Hall–Kier alpha value is -1.23. The molecule has 0 aliphatic heterocycles. The molecule has 0 saturated carbocycles. The molecule has 84 valence electrons. The first-order valence-electron chi connectivity index (χ1n) is 5.01. The summed E-state index contributed by atoms with van der Waals surface area (Å²) in [7, 11) is 0. The van der Waals surface area contributed by atoms with Crippen molar-refractivity contribution in [1.29, 1.82) is 0 Å². The van der Waals surface area contributed by atoms with Gasteiger partial charge in [0.05, 0.1) is 12.7 Å². The average Bonchev–Trinajstić information content (AvgIpc) is 2.23. The predicted octanol–water partition coefficient (Wildman–Crippen LogP) is 1.81. The first-order chi connectivity index (χ1) is 7.33. The number of hydrogen-bond acceptors (Lipinski definition) is 4. The molecule has 0 radical (unpaired) electrons. The zero-order valence-electron chi connectivity index (χ0n) is 8.78. The van der Waals surface area contributed by atoms with Crippen molar-refractivity contribution in [3.8, 4) is 5.88 Å². The van der Waals surface area contributed by atoms with Crippen LogP contribution in [0.1, 0.15) is 19.8 Å². The number of ether oxygens (including phenoxy) is 2. The minimum Gasteiger partial charge on any atom is -0.475 e. The van der Waals surface area contributed by atoms with Gasteiger partial charge in [0.1, 0.15) is 12.9 Å². The summed E-state index contributed by atoms with van der Waals surface area (Å²) in [6.07, 6.45) is 3.28. The van der Waals surface area contributed by atoms with Gasteiger partial charge >= 0.3 is 0 Å². The van der Waals surface area contributed by atoms with E-state index in [1.807, 2.05) is 0 Å². The highest BCUT2D eigenvalue weighted by Crippen LogP contribution is 2.04. The molecule has 0 atom stereocenters. The molecule has 4 nitrogen and oxygen atoms in total. The van der Waals surface area contributed by atoms with Gasteiger partial charge in [-0.3, -0.25) is 0 Å². The molecular weight excluding hydrogens is 199 g/mol. The van der Waals surface area contributed by atoms with Crippen molar-refractivity contribution in [1.82, 2.24) is 9.97 Å². The summed E-state index contributed by atoms with van der Waals surface area (Å²) < 4.78 is 23.0. The van der Waals surface area contributed by atoms with Crippen LogP contribution in [0.3, 0.4) is 0 Å². The Morgan fingerprint density at radius 3 is 2.87 bits per heavy atom. The highest BCUT2D eigenvalue weighted by atomic mass is 19.1. The molecular formula is C10H15FN2O2. The van der Waals surface area contributed by atoms with E-state index in [1.165, 1.54) is 0 Å². The molecule has 0 unspecified atom stereocenters. The fourth-order valence-electron chi connectivity index (χ4n) is 0.950. The Labute approximate surface area is 88.5 Å². The molecule has 1 aromatic rings. The van der Waals surface area contributed by atoms with Crippen LogP contribution >= 0.6 is 0 Å². The number of unbranched alkanes of at least 4 members (excludes halogenated alkanes) is 1. The van der Waals surface area contributed by atoms with Gasteiger partial charge in [-0.1, -0.05) is 13.3 Å². The van der Waals surface area contributed by atoms with Gasteiger partial charge in [0.2, 0.25) is 11.8 Å². The SMILES string of the molecule is CCCCOCCOc1cc(F)ncn1. The van der Waals surface area contributed by atoms with E-state index in [0.29, 0.717) is 13.2 Å². The van der Waals surface area contributed by atoms with E-state index >= 15 is 0 Å². The standard InChI is InChI=1S/C10H15FN2O2/c1-2-3-4-14-5-6-15-10-7-9(11)12-8-13-10/h7-8H,2-6H2,1H3. The van der Waals surface area contributed by atoms with Crippen LogP contribution in [0.25, 0.3) is 0 Å². The zero-order valence-corrected chi connectivity index (χ0v) is 8.78. The molecule has 0 bridgehead atoms. The Kier molecular flexibility index (Phi) is 5.62. The number of halogens is 1. The number of hydrogen-bond donors (Lipinski definition) is 0. The van der Waals surface area contributed by atoms with E-state index < -0.39 is 5.95 Å². The second kappa shape index (κ2) is 7.11. The summed E-state index contributed by atoms with van der Waals surface area (Å²) in [4.78, 5) is 7.06. The van der Waals surface area contributed by atoms with Crippen molar-refractivity contribution in [2.45, 2.75) is 19.8 Å². The fraction of sp³-hybridized carbons (Fsp3) is 0.600. The van der Waals surface area contributed by atoms with Crippen LogP contribution in [0.5, 0.6) is 5.88 Å². The summed E-state index contributed by atoms with van der Waals surface area (Å²) in [6.45, 7) is 3.70. The third-order valence-electron chi connectivity index (χ3n) is 1.73. The molecule has 0 fully saturated rings. The van der Waals surface area contributed by atoms with Gasteiger partial charge in [0.25, 0.3) is 0 Å². The van der Waals surface area contributed by atoms with Gasteiger partial charge in [0.15, 0.2) is 0 Å². The largest absolute Gasteiger partial charge is 0.475 e. The van der Waals surface area contributed by atoms with Crippen LogP contribution in [0.4, 0.5) is 4.39 Å². The molecule has 1 heterocycles. The lowest BCUT2D eigenvalue weighted by Crippen LogP contribution is -2.08. The fourth-order valence-corrected chi connectivity index (χ4v) is 0.950. The molecule has 1 rings (SSSR count). The van der Waals surface area contributed by atoms with E-state index in [0.717, 1.165) is 31.8 Å². The molecule has 0 saturated heterocycles. The summed E-state index contributed by atoms with van der Waals surface area (Å²) >= 11 is 0. The Morgan fingerprint density at radius 2 is 2.13 bits per heavy atom. The van der Waals surface area contributed by atoms with Gasteiger partial charge in [-0.2, -0.15) is 4.39 Å². The van der Waals surface area contributed by atoms with Crippen molar-refractivity contribution >= 4 is 0 Å². The van der Waals surface area contributed by atoms with Gasteiger partial charge in [-0.15, -0.1) is 0 Å². The van der Waals surface area contributed by atoms with Crippen molar-refractivity contribution < 1.29 is 13.9 Å². The molecule has 0 aliphatic rings. The first-order valence-corrected chi connectivity index (χ1v) is 5.01. The molecule has 5 heteroatoms. The second-order valence-electron chi connectivity index (χ2n) is 2.99. The van der Waals surface area contributed by atoms with Crippen LogP contribution in [0, 0.1) is 5.95 Å². The quantitative estimate of drug-likeness (QED) is 0.513. The maximum absolute atomic E-state index is 12.6. The van der Waals surface area contributed by atoms with Crippen LogP contribution in [-0.2, 0) is 4.74 Å². The summed E-state index contributed by atoms with van der Waals surface area (Å²) in [5.41, 5.74) is 0. The third-order valence-corrected chi connectivity index (χ3v) is 1.73. The maximum Gasteiger partial charge on any atom is 0.219 e. The Morgan fingerprint density at radius 1 is 1.27 bits per heavy atom. The minimum atomic E-state index is -0.591. The zero-order chi connectivity index (χ0) is 10.9. The predicted molar refractivity (Wildman–Crippen MR) is 53.2 cm³/mol. The van der Waals surface area contributed by atoms with E-state index in [2.05, 4.69) is 16.9 Å². The van der Waals surface area contributed by atoms with Crippen LogP contribution in [-0.4, -0.2) is 29.8 Å². The van der Waals surface area contributed by atoms with Crippen molar-refractivity contribution in [3.05, 3.63) is 18.3 Å². The van der Waals surface area contributed by atoms with Gasteiger partial charge in [-0.05, 0) is 6.42 Å². The number of nitrogens with zero attached hydrogens (tertiary/aromatic N) is 2. The molecule has 1 aromatic heterocycles. The molecule has 0 aliphatic carbocycles. The lowest BCUT2D eigenvalue weighted by Gasteiger charge is -2.05. The lowest BCUT2D eigenvalue weighted by atomic mass is 10.4. The minimum absolute atomic E-state index is 0.238. The summed E-state index contributed by atoms with van der Waals surface area (Å²) in [5.74, 6) is -0.353. The smallest absolute Gasteiger partial charge is 0.219 e. The highest BCUT2D eigenvalue weighted by Gasteiger charge is 1.97. The molecule has 15 heavy (non-hydrogen) atoms. The summed E-state index contributed by atoms with van der Waals surface area (Å²) in [6, 6.07) is 1.14. The Bertz CT molecular complexity index is 284. The Balaban J connectivity index is 2.10. The van der Waals surface area contributed by atoms with Gasteiger partial charge in [0, 0.05) is 6.61 Å². The molecule has 0 N–H and O–H groups in total. The van der Waals surface area contributed by atoms with E-state index in [4.69, 9.17) is 9.47 Å². The molecule has 0 spiro atoms. The topological polar surface area (TPSA) is 44.2 Å². The normalized spacial score (nSPS) is 10.3. The van der Waals surface area contributed by atoms with Gasteiger partial charge in [-0.25, -0.2) is 9.97 Å².